The van der Waals surface area contributed by atoms with Crippen molar-refractivity contribution in [2.45, 2.75) is 38.3 Å². The summed E-state index contributed by atoms with van der Waals surface area (Å²) < 4.78 is 13.3. The quantitative estimate of drug-likeness (QED) is 0.852. The Morgan fingerprint density at radius 1 is 1.41 bits per heavy atom. The first-order valence-electron chi connectivity index (χ1n) is 6.39. The Bertz CT molecular complexity index is 432. The summed E-state index contributed by atoms with van der Waals surface area (Å²) in [4.78, 5) is 2.36. The predicted octanol–water partition coefficient (Wildman–Crippen LogP) is 2.87. The third-order valence-electron chi connectivity index (χ3n) is 4.16. The van der Waals surface area contributed by atoms with E-state index in [4.69, 9.17) is 0 Å². The summed E-state index contributed by atoms with van der Waals surface area (Å²) in [6.07, 6.45) is 3.21. The Morgan fingerprint density at radius 3 is 2.82 bits per heavy atom. The molecule has 1 aliphatic heterocycles. The van der Waals surface area contributed by atoms with E-state index in [-0.39, 0.29) is 5.82 Å². The highest BCUT2D eigenvalue weighted by molar-refractivity contribution is 5.57. The van der Waals surface area contributed by atoms with Gasteiger partial charge in [0.1, 0.15) is 5.82 Å². The molecule has 1 aromatic carbocycles. The third kappa shape index (κ3) is 1.82. The number of rotatable bonds is 2. The molecule has 1 heterocycles. The van der Waals surface area contributed by atoms with Gasteiger partial charge in [-0.2, -0.15) is 0 Å². The molecule has 17 heavy (non-hydrogen) atoms. The average Bonchev–Trinajstić information content (AvgIpc) is 2.90. The maximum absolute atomic E-state index is 13.3. The Kier molecular flexibility index (Phi) is 2.58. The Labute approximate surface area is 101 Å². The molecule has 0 aromatic heterocycles. The van der Waals surface area contributed by atoms with Crippen LogP contribution in [0.25, 0.3) is 0 Å². The molecule has 0 amide bonds. The van der Waals surface area contributed by atoms with E-state index in [1.165, 1.54) is 31.4 Å². The van der Waals surface area contributed by atoms with Gasteiger partial charge in [-0.05, 0) is 50.3 Å². The molecule has 3 heteroatoms. The van der Waals surface area contributed by atoms with E-state index in [1.54, 1.807) is 6.92 Å². The lowest BCUT2D eigenvalue weighted by Gasteiger charge is -2.31. The number of piperidine rings is 1. The smallest absolute Gasteiger partial charge is 0.123 e. The van der Waals surface area contributed by atoms with Crippen molar-refractivity contribution in [1.82, 2.24) is 0 Å². The number of halogens is 1. The molecule has 1 saturated heterocycles. The van der Waals surface area contributed by atoms with Crippen LogP contribution in [-0.4, -0.2) is 17.7 Å². The molecule has 2 fully saturated rings. The average molecular weight is 235 g/mol. The van der Waals surface area contributed by atoms with Crippen LogP contribution in [0.5, 0.6) is 0 Å². The van der Waals surface area contributed by atoms with Crippen molar-refractivity contribution in [3.8, 4) is 0 Å². The van der Waals surface area contributed by atoms with E-state index < -0.39 is 6.10 Å². The Balaban J connectivity index is 1.97. The molecule has 92 valence electrons. The maximum atomic E-state index is 13.3. The van der Waals surface area contributed by atoms with Gasteiger partial charge >= 0.3 is 0 Å². The summed E-state index contributed by atoms with van der Waals surface area (Å²) in [5.74, 6) is 0.529. The monoisotopic (exact) mass is 235 g/mol. The summed E-state index contributed by atoms with van der Waals surface area (Å²) in [6, 6.07) is 5.38. The van der Waals surface area contributed by atoms with Gasteiger partial charge in [-0.1, -0.05) is 0 Å². The molecule has 1 aliphatic carbocycles. The van der Waals surface area contributed by atoms with Gasteiger partial charge in [0.25, 0.3) is 0 Å². The first kappa shape index (κ1) is 11.0. The lowest BCUT2D eigenvalue weighted by Crippen LogP contribution is -2.32. The van der Waals surface area contributed by atoms with Crippen LogP contribution in [0.3, 0.4) is 0 Å². The van der Waals surface area contributed by atoms with Crippen molar-refractivity contribution in [2.24, 2.45) is 5.92 Å². The molecule has 0 spiro atoms. The minimum absolute atomic E-state index is 0.269. The lowest BCUT2D eigenvalue weighted by atomic mass is 10.0. The van der Waals surface area contributed by atoms with E-state index >= 15 is 0 Å². The van der Waals surface area contributed by atoms with Gasteiger partial charge < -0.3 is 10.0 Å². The molecule has 1 saturated carbocycles. The molecule has 3 atom stereocenters. The van der Waals surface area contributed by atoms with Crippen LogP contribution in [0.15, 0.2) is 18.2 Å². The van der Waals surface area contributed by atoms with E-state index in [2.05, 4.69) is 4.90 Å². The van der Waals surface area contributed by atoms with Crippen molar-refractivity contribution in [3.05, 3.63) is 29.6 Å². The summed E-state index contributed by atoms with van der Waals surface area (Å²) in [5, 5.41) is 9.77. The highest BCUT2D eigenvalue weighted by atomic mass is 19.1. The summed E-state index contributed by atoms with van der Waals surface area (Å²) in [7, 11) is 0. The molecule has 3 rings (SSSR count). The van der Waals surface area contributed by atoms with Crippen molar-refractivity contribution in [1.29, 1.82) is 0 Å². The van der Waals surface area contributed by atoms with Gasteiger partial charge in [0, 0.05) is 23.8 Å². The fourth-order valence-corrected chi connectivity index (χ4v) is 3.34. The Hall–Kier alpha value is -1.09. The van der Waals surface area contributed by atoms with Gasteiger partial charge in [0.2, 0.25) is 0 Å². The first-order chi connectivity index (χ1) is 8.15. The zero-order valence-corrected chi connectivity index (χ0v) is 10.1. The minimum Gasteiger partial charge on any atom is -0.389 e. The number of hydrogen-bond donors (Lipinski definition) is 1. The van der Waals surface area contributed by atoms with E-state index in [0.717, 1.165) is 23.7 Å². The second kappa shape index (κ2) is 3.98. The second-order valence-electron chi connectivity index (χ2n) is 5.36. The van der Waals surface area contributed by atoms with Crippen LogP contribution in [0.1, 0.15) is 37.9 Å². The fourth-order valence-electron chi connectivity index (χ4n) is 3.34. The largest absolute Gasteiger partial charge is 0.389 e. The van der Waals surface area contributed by atoms with Crippen LogP contribution in [0.2, 0.25) is 0 Å². The van der Waals surface area contributed by atoms with Crippen molar-refractivity contribution in [3.63, 3.8) is 0 Å². The standard InChI is InChI=1S/C14H18FNO/c1-9(17)13-7-11(15)3-5-14(13)16-8-10-2-4-12(16)6-10/h3,5,7,9-10,12,17H,2,4,6,8H2,1H3. The molecule has 1 N–H and O–H groups in total. The van der Waals surface area contributed by atoms with E-state index in [0.29, 0.717) is 6.04 Å². The zero-order valence-electron chi connectivity index (χ0n) is 10.1. The second-order valence-corrected chi connectivity index (χ2v) is 5.36. The summed E-state index contributed by atoms with van der Waals surface area (Å²) in [5.41, 5.74) is 1.74. The molecular weight excluding hydrogens is 217 g/mol. The molecule has 2 aliphatic rings. The topological polar surface area (TPSA) is 23.5 Å². The van der Waals surface area contributed by atoms with Crippen LogP contribution < -0.4 is 4.90 Å². The van der Waals surface area contributed by atoms with Crippen LogP contribution >= 0.6 is 0 Å². The normalized spacial score (nSPS) is 28.8. The number of anilines is 1. The molecule has 3 unspecified atom stereocenters. The maximum Gasteiger partial charge on any atom is 0.123 e. The number of benzene rings is 1. The van der Waals surface area contributed by atoms with Crippen LogP contribution in [-0.2, 0) is 0 Å². The van der Waals surface area contributed by atoms with Crippen molar-refractivity contribution in [2.75, 3.05) is 11.4 Å². The highest BCUT2D eigenvalue weighted by Crippen LogP contribution is 2.42. The molecule has 0 radical (unpaired) electrons. The Morgan fingerprint density at radius 2 is 2.24 bits per heavy atom. The first-order valence-corrected chi connectivity index (χ1v) is 6.39. The van der Waals surface area contributed by atoms with Crippen LogP contribution in [0, 0.1) is 11.7 Å². The van der Waals surface area contributed by atoms with E-state index in [1.807, 2.05) is 6.07 Å². The number of aliphatic hydroxyl groups is 1. The lowest BCUT2D eigenvalue weighted by molar-refractivity contribution is 0.199. The predicted molar refractivity (Wildman–Crippen MR) is 65.5 cm³/mol. The number of nitrogens with zero attached hydrogens (tertiary/aromatic N) is 1. The van der Waals surface area contributed by atoms with Crippen LogP contribution in [0.4, 0.5) is 10.1 Å². The fraction of sp³-hybridized carbons (Fsp3) is 0.571. The SMILES string of the molecule is CC(O)c1cc(F)ccc1N1CC2CCC1C2. The van der Waals surface area contributed by atoms with Gasteiger partial charge in [-0.25, -0.2) is 4.39 Å². The zero-order chi connectivity index (χ0) is 12.0. The summed E-state index contributed by atoms with van der Waals surface area (Å²) >= 11 is 0. The number of hydrogen-bond acceptors (Lipinski definition) is 2. The molecular formula is C14H18FNO. The molecule has 2 nitrogen and oxygen atoms in total. The van der Waals surface area contributed by atoms with Crippen molar-refractivity contribution < 1.29 is 9.50 Å². The molecule has 2 bridgehead atoms. The summed E-state index contributed by atoms with van der Waals surface area (Å²) in [6.45, 7) is 2.77. The van der Waals surface area contributed by atoms with E-state index in [9.17, 15) is 9.50 Å². The minimum atomic E-state index is -0.611. The highest BCUT2D eigenvalue weighted by Gasteiger charge is 2.38. The van der Waals surface area contributed by atoms with Gasteiger partial charge in [0.05, 0.1) is 6.10 Å². The van der Waals surface area contributed by atoms with Crippen molar-refractivity contribution >= 4 is 5.69 Å². The molecule has 1 aromatic rings. The van der Waals surface area contributed by atoms with Gasteiger partial charge in [-0.15, -0.1) is 0 Å². The number of aliphatic hydroxyl groups excluding tert-OH is 1. The number of fused-ring (bicyclic) bond motifs is 2. The van der Waals surface area contributed by atoms with Gasteiger partial charge in [-0.3, -0.25) is 0 Å². The van der Waals surface area contributed by atoms with Gasteiger partial charge in [0.15, 0.2) is 0 Å². The third-order valence-corrected chi connectivity index (χ3v) is 4.16.